The minimum Gasteiger partial charge on any atom is -0.342 e. The number of likely N-dealkylation sites (tertiary alicyclic amines) is 1. The van der Waals surface area contributed by atoms with Crippen molar-refractivity contribution in [2.24, 2.45) is 0 Å². The molecule has 0 bridgehead atoms. The zero-order valence-electron chi connectivity index (χ0n) is 10.4. The van der Waals surface area contributed by atoms with Gasteiger partial charge >= 0.3 is 0 Å². The van der Waals surface area contributed by atoms with Crippen LogP contribution >= 0.6 is 23.4 Å². The minimum atomic E-state index is 0.187. The van der Waals surface area contributed by atoms with Crippen molar-refractivity contribution in [1.29, 1.82) is 0 Å². The van der Waals surface area contributed by atoms with Crippen molar-refractivity contribution in [1.82, 2.24) is 14.9 Å². The summed E-state index contributed by atoms with van der Waals surface area (Å²) in [5.41, 5.74) is 0. The van der Waals surface area contributed by atoms with Crippen LogP contribution in [0.4, 0.5) is 0 Å². The number of hydrogen-bond acceptors (Lipinski definition) is 4. The van der Waals surface area contributed by atoms with E-state index in [1.54, 1.807) is 13.0 Å². The molecule has 0 aromatic carbocycles. The van der Waals surface area contributed by atoms with Crippen molar-refractivity contribution in [3.8, 4) is 0 Å². The van der Waals surface area contributed by atoms with Crippen molar-refractivity contribution < 1.29 is 4.79 Å². The van der Waals surface area contributed by atoms with Gasteiger partial charge in [-0.25, -0.2) is 9.97 Å². The molecule has 1 aliphatic heterocycles. The van der Waals surface area contributed by atoms with Gasteiger partial charge < -0.3 is 4.90 Å². The summed E-state index contributed by atoms with van der Waals surface area (Å²) in [6.45, 7) is 3.58. The second-order valence-electron chi connectivity index (χ2n) is 4.31. The van der Waals surface area contributed by atoms with E-state index in [2.05, 4.69) is 9.97 Å². The quantitative estimate of drug-likeness (QED) is 0.632. The number of aryl methyl sites for hydroxylation is 1. The summed E-state index contributed by atoms with van der Waals surface area (Å²) in [6.07, 6.45) is 3.47. The van der Waals surface area contributed by atoms with Crippen molar-refractivity contribution in [3.63, 3.8) is 0 Å². The Labute approximate surface area is 116 Å². The number of carbonyl (C=O) groups is 1. The van der Waals surface area contributed by atoms with Crippen LogP contribution in [0.1, 0.15) is 25.1 Å². The maximum atomic E-state index is 12.0. The molecule has 4 nitrogen and oxygen atoms in total. The number of aromatic nitrogens is 2. The Morgan fingerprint density at radius 2 is 2.11 bits per heavy atom. The number of nitrogens with zero attached hydrogens (tertiary/aromatic N) is 3. The summed E-state index contributed by atoms with van der Waals surface area (Å²) in [6, 6.07) is 1.70. The van der Waals surface area contributed by atoms with Crippen molar-refractivity contribution in [2.45, 2.75) is 31.2 Å². The number of halogens is 1. The second kappa shape index (κ2) is 6.38. The summed E-state index contributed by atoms with van der Waals surface area (Å²) in [5, 5.41) is 1.19. The van der Waals surface area contributed by atoms with Gasteiger partial charge in [0.2, 0.25) is 5.91 Å². The Hall–Kier alpha value is -0.810. The van der Waals surface area contributed by atoms with Crippen molar-refractivity contribution >= 4 is 29.3 Å². The molecule has 1 saturated heterocycles. The van der Waals surface area contributed by atoms with Crippen molar-refractivity contribution in [2.75, 3.05) is 18.8 Å². The van der Waals surface area contributed by atoms with E-state index < -0.39 is 0 Å². The SMILES string of the molecule is Cc1nc(Cl)cc(SCC(=O)N2CCCCC2)n1. The van der Waals surface area contributed by atoms with Gasteiger partial charge in [0.15, 0.2) is 0 Å². The fourth-order valence-electron chi connectivity index (χ4n) is 1.95. The lowest BCUT2D eigenvalue weighted by molar-refractivity contribution is -0.129. The standard InChI is InChI=1S/C12H16ClN3OS/c1-9-14-10(13)7-11(15-9)18-8-12(17)16-5-3-2-4-6-16/h7H,2-6,8H2,1H3. The van der Waals surface area contributed by atoms with Gasteiger partial charge in [-0.3, -0.25) is 4.79 Å². The Balaban J connectivity index is 1.88. The average molecular weight is 286 g/mol. The first kappa shape index (κ1) is 13.6. The molecule has 0 aliphatic carbocycles. The highest BCUT2D eigenvalue weighted by Crippen LogP contribution is 2.20. The number of carbonyl (C=O) groups excluding carboxylic acids is 1. The highest BCUT2D eigenvalue weighted by atomic mass is 35.5. The van der Waals surface area contributed by atoms with Crippen LogP contribution in [-0.2, 0) is 4.79 Å². The zero-order valence-corrected chi connectivity index (χ0v) is 11.9. The van der Waals surface area contributed by atoms with E-state index in [1.807, 2.05) is 4.90 Å². The topological polar surface area (TPSA) is 46.1 Å². The Morgan fingerprint density at radius 1 is 1.39 bits per heavy atom. The first-order chi connectivity index (χ1) is 8.65. The molecular weight excluding hydrogens is 270 g/mol. The third-order valence-corrected chi connectivity index (χ3v) is 3.93. The molecule has 0 radical (unpaired) electrons. The summed E-state index contributed by atoms with van der Waals surface area (Å²) in [7, 11) is 0. The fourth-order valence-corrected chi connectivity index (χ4v) is 3.09. The number of thioether (sulfide) groups is 1. The monoisotopic (exact) mass is 285 g/mol. The summed E-state index contributed by atoms with van der Waals surface area (Å²) in [5.74, 6) is 1.25. The lowest BCUT2D eigenvalue weighted by Crippen LogP contribution is -2.36. The van der Waals surface area contributed by atoms with Gasteiger partial charge in [0, 0.05) is 19.2 Å². The molecule has 6 heteroatoms. The zero-order chi connectivity index (χ0) is 13.0. The van der Waals surface area contributed by atoms with E-state index in [-0.39, 0.29) is 5.91 Å². The van der Waals surface area contributed by atoms with Crippen LogP contribution in [0.3, 0.4) is 0 Å². The van der Waals surface area contributed by atoms with E-state index >= 15 is 0 Å². The van der Waals surface area contributed by atoms with E-state index in [0.29, 0.717) is 16.7 Å². The van der Waals surface area contributed by atoms with Gasteiger partial charge in [-0.2, -0.15) is 0 Å². The normalized spacial score (nSPS) is 15.8. The molecule has 1 aliphatic rings. The van der Waals surface area contributed by atoms with E-state index in [0.717, 1.165) is 31.0 Å². The third-order valence-electron chi connectivity index (χ3n) is 2.84. The predicted octanol–water partition coefficient (Wildman–Crippen LogP) is 2.54. The van der Waals surface area contributed by atoms with E-state index in [1.165, 1.54) is 18.2 Å². The molecule has 0 saturated carbocycles. The number of hydrogen-bond donors (Lipinski definition) is 0. The second-order valence-corrected chi connectivity index (χ2v) is 5.69. The molecule has 1 fully saturated rings. The molecule has 0 N–H and O–H groups in total. The molecule has 2 heterocycles. The van der Waals surface area contributed by atoms with Crippen LogP contribution in [0, 0.1) is 6.92 Å². The van der Waals surface area contributed by atoms with Crippen molar-refractivity contribution in [3.05, 3.63) is 17.0 Å². The first-order valence-corrected chi connectivity index (χ1v) is 7.43. The van der Waals surface area contributed by atoms with Crippen LogP contribution in [0.15, 0.2) is 11.1 Å². The number of rotatable bonds is 3. The molecule has 0 spiro atoms. The first-order valence-electron chi connectivity index (χ1n) is 6.07. The average Bonchev–Trinajstić information content (AvgIpc) is 2.36. The minimum absolute atomic E-state index is 0.187. The van der Waals surface area contributed by atoms with E-state index in [9.17, 15) is 4.79 Å². The highest BCUT2D eigenvalue weighted by molar-refractivity contribution is 7.99. The largest absolute Gasteiger partial charge is 0.342 e. The number of piperidine rings is 1. The molecule has 1 aromatic heterocycles. The maximum Gasteiger partial charge on any atom is 0.232 e. The molecule has 98 valence electrons. The van der Waals surface area contributed by atoms with Gasteiger partial charge in [-0.05, 0) is 26.2 Å². The maximum absolute atomic E-state index is 12.0. The van der Waals surface area contributed by atoms with Gasteiger partial charge in [0.05, 0.1) is 5.75 Å². The molecular formula is C12H16ClN3OS. The molecule has 0 atom stereocenters. The van der Waals surface area contributed by atoms with Gasteiger partial charge in [0.1, 0.15) is 16.0 Å². The molecule has 0 unspecified atom stereocenters. The Kier molecular flexibility index (Phi) is 4.83. The third kappa shape index (κ3) is 3.85. The Morgan fingerprint density at radius 3 is 2.78 bits per heavy atom. The van der Waals surface area contributed by atoms with Crippen LogP contribution in [0.5, 0.6) is 0 Å². The summed E-state index contributed by atoms with van der Waals surface area (Å²) >= 11 is 7.28. The summed E-state index contributed by atoms with van der Waals surface area (Å²) in [4.78, 5) is 22.2. The van der Waals surface area contributed by atoms with Gasteiger partial charge in [-0.1, -0.05) is 23.4 Å². The fraction of sp³-hybridized carbons (Fsp3) is 0.583. The highest BCUT2D eigenvalue weighted by Gasteiger charge is 2.16. The molecule has 18 heavy (non-hydrogen) atoms. The summed E-state index contributed by atoms with van der Waals surface area (Å²) < 4.78 is 0. The van der Waals surface area contributed by atoms with Gasteiger partial charge in [0.25, 0.3) is 0 Å². The van der Waals surface area contributed by atoms with Gasteiger partial charge in [-0.15, -0.1) is 0 Å². The molecule has 2 rings (SSSR count). The van der Waals surface area contributed by atoms with Crippen LogP contribution in [-0.4, -0.2) is 39.6 Å². The lowest BCUT2D eigenvalue weighted by Gasteiger charge is -2.26. The van der Waals surface area contributed by atoms with Crippen LogP contribution in [0.2, 0.25) is 5.15 Å². The van der Waals surface area contributed by atoms with E-state index in [4.69, 9.17) is 11.6 Å². The lowest BCUT2D eigenvalue weighted by atomic mass is 10.1. The predicted molar refractivity (Wildman–Crippen MR) is 72.9 cm³/mol. The smallest absolute Gasteiger partial charge is 0.232 e. The Bertz CT molecular complexity index is 415. The molecule has 1 aromatic rings. The molecule has 1 amide bonds. The van der Waals surface area contributed by atoms with Crippen LogP contribution in [0.25, 0.3) is 0 Å². The van der Waals surface area contributed by atoms with Crippen LogP contribution < -0.4 is 0 Å². The number of amides is 1.